The van der Waals surface area contributed by atoms with Crippen LogP contribution >= 0.6 is 11.6 Å². The lowest BCUT2D eigenvalue weighted by Gasteiger charge is -2.08. The number of methoxy groups -OCH3 is 1. The number of aromatic nitrogens is 2. The lowest BCUT2D eigenvalue weighted by Crippen LogP contribution is -2.04. The fourth-order valence-corrected chi connectivity index (χ4v) is 2.51. The molecule has 1 aromatic heterocycles. The first-order chi connectivity index (χ1) is 11.8. The van der Waals surface area contributed by atoms with Crippen LogP contribution in [0.5, 0.6) is 0 Å². The van der Waals surface area contributed by atoms with E-state index in [-0.39, 0.29) is 16.5 Å². The first-order valence-corrected chi connectivity index (χ1v) is 7.40. The molecule has 0 radical (unpaired) electrons. The van der Waals surface area contributed by atoms with Crippen molar-refractivity contribution in [2.24, 2.45) is 0 Å². The van der Waals surface area contributed by atoms with Crippen LogP contribution in [0.25, 0.3) is 22.3 Å². The summed E-state index contributed by atoms with van der Waals surface area (Å²) < 4.78 is 42.6. The molecule has 128 valence electrons. The molecule has 0 saturated heterocycles. The normalized spacial score (nSPS) is 11.6. The number of benzene rings is 2. The number of carbonyl (C=O) groups is 1. The van der Waals surface area contributed by atoms with Crippen molar-refractivity contribution >= 4 is 28.5 Å². The lowest BCUT2D eigenvalue weighted by atomic mass is 10.1. The van der Waals surface area contributed by atoms with E-state index >= 15 is 0 Å². The molecule has 4 nitrogen and oxygen atoms in total. The van der Waals surface area contributed by atoms with Crippen LogP contribution in [0.4, 0.5) is 13.2 Å². The molecule has 25 heavy (non-hydrogen) atoms. The topological polar surface area (TPSA) is 52.1 Å². The summed E-state index contributed by atoms with van der Waals surface area (Å²) in [5, 5.41) is 0.654. The highest BCUT2D eigenvalue weighted by atomic mass is 35.5. The molecule has 0 aliphatic carbocycles. The lowest BCUT2D eigenvalue weighted by molar-refractivity contribution is -0.137. The number of esters is 1. The van der Waals surface area contributed by atoms with Crippen molar-refractivity contribution in [2.75, 3.05) is 7.11 Å². The molecule has 0 atom stereocenters. The molecule has 0 N–H and O–H groups in total. The zero-order chi connectivity index (χ0) is 18.2. The molecule has 3 rings (SSSR count). The average Bonchev–Trinajstić information content (AvgIpc) is 2.59. The quantitative estimate of drug-likeness (QED) is 0.485. The third-order valence-corrected chi connectivity index (χ3v) is 3.83. The third kappa shape index (κ3) is 3.41. The fourth-order valence-electron chi connectivity index (χ4n) is 2.27. The Morgan fingerprint density at radius 1 is 1.08 bits per heavy atom. The van der Waals surface area contributed by atoms with Gasteiger partial charge in [-0.2, -0.15) is 13.2 Å². The van der Waals surface area contributed by atoms with E-state index in [1.54, 1.807) is 6.07 Å². The van der Waals surface area contributed by atoms with Crippen LogP contribution in [0, 0.1) is 0 Å². The average molecular weight is 367 g/mol. The van der Waals surface area contributed by atoms with E-state index in [1.165, 1.54) is 31.4 Å². The summed E-state index contributed by atoms with van der Waals surface area (Å²) in [6.07, 6.45) is -4.42. The molecular weight excluding hydrogens is 357 g/mol. The van der Waals surface area contributed by atoms with Gasteiger partial charge >= 0.3 is 12.1 Å². The van der Waals surface area contributed by atoms with Gasteiger partial charge in [-0.15, -0.1) is 0 Å². The summed E-state index contributed by atoms with van der Waals surface area (Å²) in [5.41, 5.74) is 0.275. The molecule has 0 saturated carbocycles. The Balaban J connectivity index is 2.09. The second-order valence-corrected chi connectivity index (χ2v) is 5.49. The zero-order valence-corrected chi connectivity index (χ0v) is 13.5. The van der Waals surface area contributed by atoms with Crippen molar-refractivity contribution in [3.8, 4) is 11.4 Å². The maximum Gasteiger partial charge on any atom is 0.416 e. The van der Waals surface area contributed by atoms with Crippen LogP contribution in [0.3, 0.4) is 0 Å². The minimum Gasteiger partial charge on any atom is -0.465 e. The van der Waals surface area contributed by atoms with E-state index in [1.807, 2.05) is 0 Å². The van der Waals surface area contributed by atoms with Crippen LogP contribution in [0.2, 0.25) is 5.15 Å². The van der Waals surface area contributed by atoms with Crippen LogP contribution in [0.15, 0.2) is 42.5 Å². The van der Waals surface area contributed by atoms with E-state index in [9.17, 15) is 18.0 Å². The highest BCUT2D eigenvalue weighted by Crippen LogP contribution is 2.31. The number of ether oxygens (including phenoxy) is 1. The molecule has 0 spiro atoms. The molecule has 2 aromatic carbocycles. The molecule has 0 aliphatic heterocycles. The predicted octanol–water partition coefficient (Wildman–Crippen LogP) is 4.76. The summed E-state index contributed by atoms with van der Waals surface area (Å²) in [4.78, 5) is 20.0. The van der Waals surface area contributed by atoms with Crippen LogP contribution in [0.1, 0.15) is 15.9 Å². The summed E-state index contributed by atoms with van der Waals surface area (Å²) in [6.45, 7) is 0. The number of hydrogen-bond donors (Lipinski definition) is 0. The van der Waals surface area contributed by atoms with Gasteiger partial charge in [0, 0.05) is 10.9 Å². The van der Waals surface area contributed by atoms with Gasteiger partial charge in [0.25, 0.3) is 0 Å². The van der Waals surface area contributed by atoms with Crippen molar-refractivity contribution < 1.29 is 22.7 Å². The number of carbonyl (C=O) groups excluding carboxylic acids is 1. The number of halogens is 4. The van der Waals surface area contributed by atoms with Crippen LogP contribution in [-0.4, -0.2) is 23.0 Å². The van der Waals surface area contributed by atoms with E-state index < -0.39 is 17.7 Å². The van der Waals surface area contributed by atoms with Gasteiger partial charge in [-0.3, -0.25) is 0 Å². The largest absolute Gasteiger partial charge is 0.465 e. The zero-order valence-electron chi connectivity index (χ0n) is 12.8. The molecular formula is C17H10ClF3N2O2. The number of nitrogens with zero attached hydrogens (tertiary/aromatic N) is 2. The van der Waals surface area contributed by atoms with E-state index in [4.69, 9.17) is 11.6 Å². The molecule has 0 unspecified atom stereocenters. The molecule has 0 amide bonds. The number of alkyl halides is 3. The Bertz CT molecular complexity index is 957. The second kappa shape index (κ2) is 6.33. The van der Waals surface area contributed by atoms with Gasteiger partial charge in [0.2, 0.25) is 0 Å². The monoisotopic (exact) mass is 366 g/mol. The minimum atomic E-state index is -4.42. The Morgan fingerprint density at radius 2 is 1.76 bits per heavy atom. The van der Waals surface area contributed by atoms with Crippen molar-refractivity contribution in [3.05, 3.63) is 58.7 Å². The first kappa shape index (κ1) is 17.2. The molecule has 3 aromatic rings. The Labute approximate surface area is 145 Å². The van der Waals surface area contributed by atoms with Crippen molar-refractivity contribution in [1.29, 1.82) is 0 Å². The number of rotatable bonds is 2. The van der Waals surface area contributed by atoms with Gasteiger partial charge < -0.3 is 4.74 Å². The standard InChI is InChI=1S/C17H10ClF3N2O2/c1-25-16(24)10-4-7-12-13(8-10)22-15(23-14(12)18)9-2-5-11(6-3-9)17(19,20)21/h2-8H,1H3. The van der Waals surface area contributed by atoms with Gasteiger partial charge in [0.15, 0.2) is 5.82 Å². The van der Waals surface area contributed by atoms with Crippen molar-refractivity contribution in [3.63, 3.8) is 0 Å². The smallest absolute Gasteiger partial charge is 0.416 e. The highest BCUT2D eigenvalue weighted by Gasteiger charge is 2.30. The van der Waals surface area contributed by atoms with Crippen LogP contribution < -0.4 is 0 Å². The second-order valence-electron chi connectivity index (χ2n) is 5.14. The summed E-state index contributed by atoms with van der Waals surface area (Å²) in [6, 6.07) is 9.03. The predicted molar refractivity (Wildman–Crippen MR) is 86.3 cm³/mol. The van der Waals surface area contributed by atoms with Gasteiger partial charge in [0.05, 0.1) is 23.8 Å². The maximum atomic E-state index is 12.7. The van der Waals surface area contributed by atoms with Gasteiger partial charge in [-0.25, -0.2) is 14.8 Å². The Morgan fingerprint density at radius 3 is 2.36 bits per heavy atom. The van der Waals surface area contributed by atoms with Crippen LogP contribution in [-0.2, 0) is 10.9 Å². The van der Waals surface area contributed by atoms with Gasteiger partial charge in [-0.05, 0) is 30.3 Å². The van der Waals surface area contributed by atoms with Gasteiger partial charge in [0.1, 0.15) is 5.15 Å². The minimum absolute atomic E-state index is 0.135. The van der Waals surface area contributed by atoms with E-state index in [0.717, 1.165) is 12.1 Å². The maximum absolute atomic E-state index is 12.7. The number of hydrogen-bond acceptors (Lipinski definition) is 4. The summed E-state index contributed by atoms with van der Waals surface area (Å²) in [7, 11) is 1.26. The Hall–Kier alpha value is -2.67. The van der Waals surface area contributed by atoms with Gasteiger partial charge in [-0.1, -0.05) is 23.7 Å². The van der Waals surface area contributed by atoms with Crippen molar-refractivity contribution in [1.82, 2.24) is 9.97 Å². The molecule has 0 fully saturated rings. The van der Waals surface area contributed by atoms with E-state index in [0.29, 0.717) is 16.5 Å². The summed E-state index contributed by atoms with van der Waals surface area (Å²) >= 11 is 6.13. The van der Waals surface area contributed by atoms with Crippen molar-refractivity contribution in [2.45, 2.75) is 6.18 Å². The van der Waals surface area contributed by atoms with E-state index in [2.05, 4.69) is 14.7 Å². The fraction of sp³-hybridized carbons (Fsp3) is 0.118. The Kier molecular flexibility index (Phi) is 4.34. The summed E-state index contributed by atoms with van der Waals surface area (Å²) in [5.74, 6) is -0.374. The SMILES string of the molecule is COC(=O)c1ccc2c(Cl)nc(-c3ccc(C(F)(F)F)cc3)nc2c1. The molecule has 0 bridgehead atoms. The molecule has 1 heterocycles. The first-order valence-electron chi connectivity index (χ1n) is 7.03. The third-order valence-electron chi connectivity index (χ3n) is 3.54. The highest BCUT2D eigenvalue weighted by molar-refractivity contribution is 6.34. The molecule has 0 aliphatic rings. The molecule has 8 heteroatoms. The number of fused-ring (bicyclic) bond motifs is 1.